The minimum absolute atomic E-state index is 0.304. The first-order valence-electron chi connectivity index (χ1n) is 5.95. The van der Waals surface area contributed by atoms with Gasteiger partial charge in [0.05, 0.1) is 6.61 Å². The molecule has 2 rings (SSSR count). The molecule has 1 aromatic heterocycles. The van der Waals surface area contributed by atoms with Crippen LogP contribution >= 0.6 is 0 Å². The maximum Gasteiger partial charge on any atom is 0.341 e. The van der Waals surface area contributed by atoms with Crippen molar-refractivity contribution in [2.45, 2.75) is 6.92 Å². The molecule has 0 spiro atoms. The van der Waals surface area contributed by atoms with Gasteiger partial charge in [0.2, 0.25) is 0 Å². The van der Waals surface area contributed by atoms with Gasteiger partial charge in [0.25, 0.3) is 0 Å². The van der Waals surface area contributed by atoms with Gasteiger partial charge in [0.1, 0.15) is 5.56 Å². The zero-order chi connectivity index (χ0) is 13.7. The number of carbonyl (C=O) groups is 1. The number of hydrogen-bond acceptors (Lipinski definition) is 5. The predicted molar refractivity (Wildman–Crippen MR) is 73.4 cm³/mol. The summed E-state index contributed by atoms with van der Waals surface area (Å²) in [6, 6.07) is 11.4. The Labute approximate surface area is 111 Å². The number of benzene rings is 1. The van der Waals surface area contributed by atoms with Gasteiger partial charge in [-0.1, -0.05) is 30.3 Å². The number of hydrogen-bond donors (Lipinski definition) is 2. The highest BCUT2D eigenvalue weighted by Gasteiger charge is 2.14. The van der Waals surface area contributed by atoms with Gasteiger partial charge in [-0.3, -0.25) is 0 Å². The Morgan fingerprint density at radius 1 is 1.32 bits per heavy atom. The van der Waals surface area contributed by atoms with Crippen LogP contribution in [0.3, 0.4) is 0 Å². The van der Waals surface area contributed by atoms with Crippen LogP contribution in [0, 0.1) is 0 Å². The quantitative estimate of drug-likeness (QED) is 0.499. The number of nitrogen functional groups attached to an aromatic ring is 1. The van der Waals surface area contributed by atoms with E-state index in [1.165, 1.54) is 0 Å². The maximum absolute atomic E-state index is 11.9. The van der Waals surface area contributed by atoms with Crippen LogP contribution in [0.15, 0.2) is 42.6 Å². The topological polar surface area (TPSA) is 77.2 Å². The van der Waals surface area contributed by atoms with Crippen LogP contribution in [0.25, 0.3) is 11.1 Å². The molecule has 0 atom stereocenters. The van der Waals surface area contributed by atoms with Crippen LogP contribution in [0.1, 0.15) is 17.3 Å². The van der Waals surface area contributed by atoms with E-state index in [9.17, 15) is 4.79 Å². The summed E-state index contributed by atoms with van der Waals surface area (Å²) in [6.45, 7) is 2.06. The van der Waals surface area contributed by atoms with Crippen molar-refractivity contribution >= 4 is 11.8 Å². The van der Waals surface area contributed by atoms with E-state index < -0.39 is 5.97 Å². The second kappa shape index (κ2) is 5.97. The number of rotatable bonds is 4. The fraction of sp³-hybridized carbons (Fsp3) is 0.143. The van der Waals surface area contributed by atoms with Crippen molar-refractivity contribution in [2.24, 2.45) is 5.84 Å². The molecule has 0 saturated carbocycles. The number of ether oxygens (including phenoxy) is 1. The number of carbonyl (C=O) groups excluding carboxylic acids is 1. The first-order chi connectivity index (χ1) is 9.26. The summed E-state index contributed by atoms with van der Waals surface area (Å²) in [5, 5.41) is 0. The lowest BCUT2D eigenvalue weighted by Crippen LogP contribution is -2.15. The van der Waals surface area contributed by atoms with Crippen LogP contribution in [-0.4, -0.2) is 17.6 Å². The number of nitrogens with one attached hydrogen (secondary N) is 1. The highest BCUT2D eigenvalue weighted by Crippen LogP contribution is 2.23. The molecule has 1 heterocycles. The first kappa shape index (κ1) is 13.0. The summed E-state index contributed by atoms with van der Waals surface area (Å²) in [5.41, 5.74) is 4.54. The number of esters is 1. The first-order valence-corrected chi connectivity index (χ1v) is 5.95. The molecule has 2 aromatic rings. The number of hydrazine groups is 1. The van der Waals surface area contributed by atoms with Gasteiger partial charge in [-0.05, 0) is 18.6 Å². The monoisotopic (exact) mass is 257 g/mol. The number of anilines is 1. The van der Waals surface area contributed by atoms with Crippen LogP contribution in [-0.2, 0) is 4.74 Å². The van der Waals surface area contributed by atoms with Crippen LogP contribution in [0.5, 0.6) is 0 Å². The average molecular weight is 257 g/mol. The van der Waals surface area contributed by atoms with E-state index in [0.29, 0.717) is 18.0 Å². The van der Waals surface area contributed by atoms with Gasteiger partial charge < -0.3 is 10.2 Å². The van der Waals surface area contributed by atoms with Gasteiger partial charge in [0, 0.05) is 11.8 Å². The van der Waals surface area contributed by atoms with Crippen molar-refractivity contribution in [2.75, 3.05) is 12.0 Å². The minimum atomic E-state index is -0.444. The highest BCUT2D eigenvalue weighted by atomic mass is 16.5. The molecule has 1 aromatic carbocycles. The molecular weight excluding hydrogens is 242 g/mol. The van der Waals surface area contributed by atoms with Crippen LogP contribution in [0.2, 0.25) is 0 Å². The molecule has 5 nitrogen and oxygen atoms in total. The molecule has 0 unspecified atom stereocenters. The van der Waals surface area contributed by atoms with Crippen LogP contribution in [0.4, 0.5) is 5.82 Å². The summed E-state index contributed by atoms with van der Waals surface area (Å²) in [4.78, 5) is 16.0. The number of pyridine rings is 1. The molecule has 3 N–H and O–H groups in total. The second-order valence-electron chi connectivity index (χ2n) is 3.85. The third-order valence-electron chi connectivity index (χ3n) is 2.63. The standard InChI is InChI=1S/C14H15N3O2/c1-2-19-14(18)12-8-11(9-16-13(12)17-15)10-6-4-3-5-7-10/h3-9H,2,15H2,1H3,(H,16,17). The molecule has 0 fully saturated rings. The maximum atomic E-state index is 11.9. The van der Waals surface area contributed by atoms with E-state index in [1.54, 1.807) is 19.2 Å². The molecular formula is C14H15N3O2. The Morgan fingerprint density at radius 3 is 2.68 bits per heavy atom. The Kier molecular flexibility index (Phi) is 4.10. The average Bonchev–Trinajstić information content (AvgIpc) is 2.47. The zero-order valence-corrected chi connectivity index (χ0v) is 10.6. The minimum Gasteiger partial charge on any atom is -0.462 e. The van der Waals surface area contributed by atoms with E-state index >= 15 is 0 Å². The fourth-order valence-corrected chi connectivity index (χ4v) is 1.73. The van der Waals surface area contributed by atoms with Crippen molar-refractivity contribution in [3.63, 3.8) is 0 Å². The Bertz CT molecular complexity index is 570. The third kappa shape index (κ3) is 2.89. The van der Waals surface area contributed by atoms with Gasteiger partial charge in [-0.15, -0.1) is 0 Å². The Hall–Kier alpha value is -2.40. The Morgan fingerprint density at radius 2 is 2.05 bits per heavy atom. The van der Waals surface area contributed by atoms with E-state index in [0.717, 1.165) is 11.1 Å². The number of aromatic nitrogens is 1. The van der Waals surface area contributed by atoms with Gasteiger partial charge in [0.15, 0.2) is 5.82 Å². The van der Waals surface area contributed by atoms with Crippen molar-refractivity contribution in [1.82, 2.24) is 4.98 Å². The van der Waals surface area contributed by atoms with E-state index in [-0.39, 0.29) is 0 Å². The van der Waals surface area contributed by atoms with Gasteiger partial charge in [-0.25, -0.2) is 15.6 Å². The molecule has 0 aliphatic carbocycles. The summed E-state index contributed by atoms with van der Waals surface area (Å²) >= 11 is 0. The third-order valence-corrected chi connectivity index (χ3v) is 2.63. The largest absolute Gasteiger partial charge is 0.462 e. The SMILES string of the molecule is CCOC(=O)c1cc(-c2ccccc2)cnc1NN. The van der Waals surface area contributed by atoms with Crippen molar-refractivity contribution in [3.05, 3.63) is 48.2 Å². The van der Waals surface area contributed by atoms with E-state index in [1.807, 2.05) is 30.3 Å². The Balaban J connectivity index is 2.44. The molecule has 0 radical (unpaired) electrons. The summed E-state index contributed by atoms with van der Waals surface area (Å²) in [7, 11) is 0. The lowest BCUT2D eigenvalue weighted by molar-refractivity contribution is 0.0527. The van der Waals surface area contributed by atoms with E-state index in [2.05, 4.69) is 10.4 Å². The molecule has 0 aliphatic heterocycles. The molecule has 0 aliphatic rings. The van der Waals surface area contributed by atoms with Crippen molar-refractivity contribution in [3.8, 4) is 11.1 Å². The van der Waals surface area contributed by atoms with Gasteiger partial charge >= 0.3 is 5.97 Å². The predicted octanol–water partition coefficient (Wildman–Crippen LogP) is 2.21. The lowest BCUT2D eigenvalue weighted by Gasteiger charge is -2.09. The molecule has 19 heavy (non-hydrogen) atoms. The number of nitrogens with zero attached hydrogens (tertiary/aromatic N) is 1. The fourth-order valence-electron chi connectivity index (χ4n) is 1.73. The van der Waals surface area contributed by atoms with E-state index in [4.69, 9.17) is 10.6 Å². The van der Waals surface area contributed by atoms with Crippen LogP contribution < -0.4 is 11.3 Å². The molecule has 0 bridgehead atoms. The molecule has 98 valence electrons. The molecule has 0 saturated heterocycles. The zero-order valence-electron chi connectivity index (χ0n) is 10.6. The highest BCUT2D eigenvalue weighted by molar-refractivity contribution is 5.95. The second-order valence-corrected chi connectivity index (χ2v) is 3.85. The summed E-state index contributed by atoms with van der Waals surface area (Å²) in [6.07, 6.45) is 1.66. The molecule has 0 amide bonds. The lowest BCUT2D eigenvalue weighted by atomic mass is 10.1. The normalized spacial score (nSPS) is 10.0. The smallest absolute Gasteiger partial charge is 0.341 e. The summed E-state index contributed by atoms with van der Waals surface area (Å²) in [5.74, 6) is 5.21. The number of nitrogens with two attached hydrogens (primary N) is 1. The van der Waals surface area contributed by atoms with Crippen molar-refractivity contribution < 1.29 is 9.53 Å². The van der Waals surface area contributed by atoms with Gasteiger partial charge in [-0.2, -0.15) is 0 Å². The van der Waals surface area contributed by atoms with Crippen molar-refractivity contribution in [1.29, 1.82) is 0 Å². The molecule has 5 heteroatoms. The summed E-state index contributed by atoms with van der Waals surface area (Å²) < 4.78 is 4.99.